The Hall–Kier alpha value is -2.29. The van der Waals surface area contributed by atoms with Gasteiger partial charge in [0, 0.05) is 23.7 Å². The predicted octanol–water partition coefficient (Wildman–Crippen LogP) is 2.51. The summed E-state index contributed by atoms with van der Waals surface area (Å²) in [6.45, 7) is 3.72. The molecule has 0 bridgehead atoms. The smallest absolute Gasteiger partial charge is 0.309 e. The molecule has 84 valence electrons. The molecule has 2 heterocycles. The van der Waals surface area contributed by atoms with Gasteiger partial charge >= 0.3 is 5.69 Å². The van der Waals surface area contributed by atoms with E-state index >= 15 is 0 Å². The number of hydrogen-bond acceptors (Lipinski definition) is 1. The summed E-state index contributed by atoms with van der Waals surface area (Å²) in [5.41, 5.74) is 1.78. The maximum absolute atomic E-state index is 11.8. The maximum atomic E-state index is 11.8. The van der Waals surface area contributed by atoms with Crippen molar-refractivity contribution in [3.8, 4) is 0 Å². The Bertz CT molecular complexity index is 765. The summed E-state index contributed by atoms with van der Waals surface area (Å²) in [5, 5.41) is 2.22. The number of nitrogens with zero attached hydrogens (tertiary/aromatic N) is 1. The molecule has 1 aromatic carbocycles. The fraction of sp³-hybridized carbons (Fsp3) is 0.0714. The molecule has 2 aromatic heterocycles. The van der Waals surface area contributed by atoms with E-state index in [2.05, 4.69) is 11.6 Å². The van der Waals surface area contributed by atoms with Gasteiger partial charge in [0.25, 0.3) is 0 Å². The number of hydrogen-bond donors (Lipinski definition) is 1. The fourth-order valence-electron chi connectivity index (χ4n) is 2.23. The van der Waals surface area contributed by atoms with Crippen molar-refractivity contribution in [3.63, 3.8) is 0 Å². The Balaban J connectivity index is 2.54. The van der Waals surface area contributed by atoms with Gasteiger partial charge in [-0.2, -0.15) is 0 Å². The molecule has 0 saturated carbocycles. The second kappa shape index (κ2) is 3.63. The molecule has 0 fully saturated rings. The number of benzene rings is 1. The maximum Gasteiger partial charge on any atom is 0.330 e. The van der Waals surface area contributed by atoms with E-state index in [1.54, 1.807) is 10.5 Å². The molecule has 0 spiro atoms. The monoisotopic (exact) mass is 224 g/mol. The van der Waals surface area contributed by atoms with Gasteiger partial charge in [-0.1, -0.05) is 30.3 Å². The zero-order valence-electron chi connectivity index (χ0n) is 9.31. The Morgan fingerprint density at radius 2 is 2.12 bits per heavy atom. The summed E-state index contributed by atoms with van der Waals surface area (Å²) in [4.78, 5) is 14.7. The van der Waals surface area contributed by atoms with Crippen molar-refractivity contribution in [2.75, 3.05) is 0 Å². The largest absolute Gasteiger partial charge is 0.330 e. The van der Waals surface area contributed by atoms with Crippen molar-refractivity contribution < 1.29 is 0 Å². The van der Waals surface area contributed by atoms with Gasteiger partial charge in [0.15, 0.2) is 0 Å². The predicted molar refractivity (Wildman–Crippen MR) is 69.4 cm³/mol. The number of aromatic nitrogens is 2. The van der Waals surface area contributed by atoms with Gasteiger partial charge < -0.3 is 4.98 Å². The van der Waals surface area contributed by atoms with Crippen LogP contribution in [0.5, 0.6) is 0 Å². The summed E-state index contributed by atoms with van der Waals surface area (Å²) >= 11 is 0. The van der Waals surface area contributed by atoms with Crippen LogP contribution in [0.2, 0.25) is 0 Å². The lowest BCUT2D eigenvalue weighted by molar-refractivity contribution is 1.05. The number of allylic oxidation sites excluding steroid dienone is 1. The van der Waals surface area contributed by atoms with Gasteiger partial charge in [0.05, 0.1) is 5.52 Å². The van der Waals surface area contributed by atoms with Crippen molar-refractivity contribution >= 4 is 16.3 Å². The van der Waals surface area contributed by atoms with Gasteiger partial charge in [0.1, 0.15) is 0 Å². The molecule has 3 nitrogen and oxygen atoms in total. The second-order valence-corrected chi connectivity index (χ2v) is 4.02. The molecular formula is C14H12N2O. The van der Waals surface area contributed by atoms with E-state index in [1.165, 1.54) is 0 Å². The normalized spacial score (nSPS) is 11.1. The van der Waals surface area contributed by atoms with Crippen LogP contribution in [-0.2, 0) is 6.42 Å². The zero-order chi connectivity index (χ0) is 11.8. The first-order valence-electron chi connectivity index (χ1n) is 5.53. The van der Waals surface area contributed by atoms with Crippen molar-refractivity contribution in [2.24, 2.45) is 0 Å². The molecule has 0 aliphatic heterocycles. The number of imidazole rings is 1. The van der Waals surface area contributed by atoms with Crippen LogP contribution in [-0.4, -0.2) is 9.38 Å². The Labute approximate surface area is 98.0 Å². The number of aromatic amines is 1. The summed E-state index contributed by atoms with van der Waals surface area (Å²) in [5.74, 6) is 0. The highest BCUT2D eigenvalue weighted by molar-refractivity contribution is 5.96. The molecule has 3 heteroatoms. The van der Waals surface area contributed by atoms with Crippen LogP contribution in [0.4, 0.5) is 0 Å². The van der Waals surface area contributed by atoms with Crippen LogP contribution in [0.1, 0.15) is 5.69 Å². The van der Waals surface area contributed by atoms with Crippen LogP contribution < -0.4 is 5.69 Å². The number of nitrogens with one attached hydrogen (secondary N) is 1. The minimum absolute atomic E-state index is 0.0948. The van der Waals surface area contributed by atoms with Gasteiger partial charge in [0.2, 0.25) is 0 Å². The van der Waals surface area contributed by atoms with Crippen LogP contribution in [0.25, 0.3) is 16.3 Å². The lowest BCUT2D eigenvalue weighted by Gasteiger charge is -2.01. The summed E-state index contributed by atoms with van der Waals surface area (Å²) in [6.07, 6.45) is 4.27. The molecule has 0 aliphatic rings. The Kier molecular flexibility index (Phi) is 2.11. The van der Waals surface area contributed by atoms with E-state index in [0.717, 1.165) is 22.0 Å². The van der Waals surface area contributed by atoms with E-state index in [4.69, 9.17) is 0 Å². The van der Waals surface area contributed by atoms with Gasteiger partial charge in [-0.05, 0) is 11.5 Å². The van der Waals surface area contributed by atoms with Crippen LogP contribution in [0.15, 0.2) is 54.0 Å². The Morgan fingerprint density at radius 3 is 2.94 bits per heavy atom. The molecule has 0 atom stereocenters. The third-order valence-electron chi connectivity index (χ3n) is 2.97. The number of fused-ring (bicyclic) bond motifs is 3. The third kappa shape index (κ3) is 1.40. The van der Waals surface area contributed by atoms with Gasteiger partial charge in [-0.25, -0.2) is 4.79 Å². The zero-order valence-corrected chi connectivity index (χ0v) is 9.31. The van der Waals surface area contributed by atoms with Crippen LogP contribution >= 0.6 is 0 Å². The van der Waals surface area contributed by atoms with E-state index < -0.39 is 0 Å². The molecule has 3 aromatic rings. The first kappa shape index (κ1) is 9.90. The quantitative estimate of drug-likeness (QED) is 0.667. The molecule has 1 N–H and O–H groups in total. The van der Waals surface area contributed by atoms with E-state index in [9.17, 15) is 4.79 Å². The topological polar surface area (TPSA) is 37.3 Å². The number of rotatable bonds is 2. The highest BCUT2D eigenvalue weighted by Crippen LogP contribution is 2.21. The second-order valence-electron chi connectivity index (χ2n) is 4.02. The first-order chi connectivity index (χ1) is 8.31. The van der Waals surface area contributed by atoms with E-state index in [1.807, 2.05) is 36.5 Å². The molecule has 0 saturated heterocycles. The standard InChI is InChI=1S/C14H12N2O/c1-2-5-12-13-11-7-4-3-6-10(11)8-9-16(13)14(17)15-12/h2-4,6-9H,1,5H2,(H,15,17). The molecule has 0 amide bonds. The molecule has 3 rings (SSSR count). The van der Waals surface area contributed by atoms with Crippen molar-refractivity contribution in [2.45, 2.75) is 6.42 Å². The molecular weight excluding hydrogens is 212 g/mol. The average Bonchev–Trinajstić information content (AvgIpc) is 2.67. The van der Waals surface area contributed by atoms with Crippen molar-refractivity contribution in [1.82, 2.24) is 9.38 Å². The van der Waals surface area contributed by atoms with Crippen LogP contribution in [0, 0.1) is 0 Å². The highest BCUT2D eigenvalue weighted by Gasteiger charge is 2.08. The van der Waals surface area contributed by atoms with Crippen LogP contribution in [0.3, 0.4) is 0 Å². The Morgan fingerprint density at radius 1 is 1.29 bits per heavy atom. The SMILES string of the molecule is C=CCc1[nH]c(=O)n2ccc3ccccc3c12. The van der Waals surface area contributed by atoms with Gasteiger partial charge in [-0.3, -0.25) is 4.40 Å². The third-order valence-corrected chi connectivity index (χ3v) is 2.97. The highest BCUT2D eigenvalue weighted by atomic mass is 16.1. The molecule has 0 radical (unpaired) electrons. The molecule has 0 unspecified atom stereocenters. The van der Waals surface area contributed by atoms with Gasteiger partial charge in [-0.15, -0.1) is 6.58 Å². The molecule has 0 aliphatic carbocycles. The summed E-state index contributed by atoms with van der Waals surface area (Å²) in [7, 11) is 0. The number of H-pyrrole nitrogens is 1. The minimum atomic E-state index is -0.0948. The van der Waals surface area contributed by atoms with E-state index in [0.29, 0.717) is 6.42 Å². The van der Waals surface area contributed by atoms with Crippen molar-refractivity contribution in [1.29, 1.82) is 0 Å². The lowest BCUT2D eigenvalue weighted by Crippen LogP contribution is -2.08. The number of pyridine rings is 1. The van der Waals surface area contributed by atoms with Crippen molar-refractivity contribution in [3.05, 3.63) is 65.4 Å². The molecule has 17 heavy (non-hydrogen) atoms. The first-order valence-corrected chi connectivity index (χ1v) is 5.53. The lowest BCUT2D eigenvalue weighted by atomic mass is 10.1. The summed E-state index contributed by atoms with van der Waals surface area (Å²) in [6, 6.07) is 10.0. The van der Waals surface area contributed by atoms with E-state index in [-0.39, 0.29) is 5.69 Å². The summed E-state index contributed by atoms with van der Waals surface area (Å²) < 4.78 is 1.65. The average molecular weight is 224 g/mol. The fourth-order valence-corrected chi connectivity index (χ4v) is 2.23. The minimum Gasteiger partial charge on any atom is -0.309 e.